The van der Waals surface area contributed by atoms with Crippen LogP contribution in [0.2, 0.25) is 0 Å². The molecule has 3 nitrogen and oxygen atoms in total. The first-order chi connectivity index (χ1) is 7.92. The summed E-state index contributed by atoms with van der Waals surface area (Å²) in [6.07, 6.45) is 4.57. The lowest BCUT2D eigenvalue weighted by atomic mass is 9.86. The predicted molar refractivity (Wildman–Crippen MR) is 63.9 cm³/mol. The molecule has 1 aromatic rings. The molecule has 1 aromatic carbocycles. The molecule has 0 spiro atoms. The molecule has 80 valence electrons. The van der Waals surface area contributed by atoms with E-state index in [0.29, 0.717) is 12.0 Å². The molecule has 0 aliphatic carbocycles. The van der Waals surface area contributed by atoms with E-state index in [-0.39, 0.29) is 0 Å². The summed E-state index contributed by atoms with van der Waals surface area (Å²) in [5.41, 5.74) is 11.7. The third-order valence-electron chi connectivity index (χ3n) is 3.61. The minimum atomic E-state index is 0.427. The van der Waals surface area contributed by atoms with E-state index in [4.69, 9.17) is 0 Å². The van der Waals surface area contributed by atoms with Crippen molar-refractivity contribution in [1.29, 1.82) is 0 Å². The van der Waals surface area contributed by atoms with Crippen molar-refractivity contribution in [2.45, 2.75) is 6.04 Å². The van der Waals surface area contributed by atoms with Crippen molar-refractivity contribution in [2.75, 3.05) is 6.54 Å². The van der Waals surface area contributed by atoms with E-state index in [9.17, 15) is 0 Å². The zero-order valence-electron chi connectivity index (χ0n) is 8.83. The van der Waals surface area contributed by atoms with E-state index in [1.54, 1.807) is 0 Å². The zero-order valence-corrected chi connectivity index (χ0v) is 8.83. The van der Waals surface area contributed by atoms with Crippen molar-refractivity contribution in [3.05, 3.63) is 47.2 Å². The van der Waals surface area contributed by atoms with Gasteiger partial charge in [0.25, 0.3) is 0 Å². The topological polar surface area (TPSA) is 36.1 Å². The Morgan fingerprint density at radius 3 is 3.12 bits per heavy atom. The molecule has 1 fully saturated rings. The molecular formula is C13H13N3. The summed E-state index contributed by atoms with van der Waals surface area (Å²) in [4.78, 5) is 0. The van der Waals surface area contributed by atoms with Gasteiger partial charge in [-0.3, -0.25) is 10.9 Å². The van der Waals surface area contributed by atoms with Crippen LogP contribution < -0.4 is 16.2 Å². The predicted octanol–water partition coefficient (Wildman–Crippen LogP) is 1.08. The molecule has 0 aromatic heterocycles. The molecule has 3 heteroatoms. The Labute approximate surface area is 94.2 Å². The maximum Gasteiger partial charge on any atom is 0.0511 e. The van der Waals surface area contributed by atoms with Gasteiger partial charge in [-0.2, -0.15) is 0 Å². The van der Waals surface area contributed by atoms with E-state index in [1.807, 2.05) is 0 Å². The summed E-state index contributed by atoms with van der Waals surface area (Å²) in [6.45, 7) is 0.995. The number of hydrogen-bond acceptors (Lipinski definition) is 3. The van der Waals surface area contributed by atoms with Gasteiger partial charge in [0, 0.05) is 29.4 Å². The van der Waals surface area contributed by atoms with Crippen LogP contribution in [0.5, 0.6) is 0 Å². The van der Waals surface area contributed by atoms with Gasteiger partial charge in [0.05, 0.1) is 6.04 Å². The van der Waals surface area contributed by atoms with E-state index < -0.39 is 0 Å². The Morgan fingerprint density at radius 1 is 1.19 bits per heavy atom. The van der Waals surface area contributed by atoms with Gasteiger partial charge in [0.15, 0.2) is 0 Å². The van der Waals surface area contributed by atoms with Crippen LogP contribution in [0, 0.1) is 5.92 Å². The second-order valence-electron chi connectivity index (χ2n) is 4.55. The highest BCUT2D eigenvalue weighted by atomic mass is 15.4. The van der Waals surface area contributed by atoms with Gasteiger partial charge >= 0.3 is 0 Å². The van der Waals surface area contributed by atoms with Gasteiger partial charge in [-0.15, -0.1) is 0 Å². The molecule has 1 saturated heterocycles. The number of benzene rings is 1. The van der Waals surface area contributed by atoms with Crippen LogP contribution in [-0.4, -0.2) is 12.6 Å². The lowest BCUT2D eigenvalue weighted by Gasteiger charge is -2.32. The van der Waals surface area contributed by atoms with Gasteiger partial charge in [-0.1, -0.05) is 24.3 Å². The van der Waals surface area contributed by atoms with Gasteiger partial charge in [-0.05, 0) is 17.7 Å². The third-order valence-corrected chi connectivity index (χ3v) is 3.61. The monoisotopic (exact) mass is 211 g/mol. The maximum absolute atomic E-state index is 3.52. The van der Waals surface area contributed by atoms with E-state index in [0.717, 1.165) is 6.54 Å². The van der Waals surface area contributed by atoms with Crippen LogP contribution in [0.4, 0.5) is 0 Å². The molecule has 3 aliphatic rings. The summed E-state index contributed by atoms with van der Waals surface area (Å²) in [7, 11) is 0. The van der Waals surface area contributed by atoms with Crippen LogP contribution >= 0.6 is 0 Å². The molecule has 2 unspecified atom stereocenters. The summed E-state index contributed by atoms with van der Waals surface area (Å²) in [5.74, 6) is 0.539. The zero-order chi connectivity index (χ0) is 10.5. The van der Waals surface area contributed by atoms with Gasteiger partial charge in [0.1, 0.15) is 0 Å². The highest BCUT2D eigenvalue weighted by molar-refractivity contribution is 5.81. The molecule has 3 aliphatic heterocycles. The van der Waals surface area contributed by atoms with Crippen molar-refractivity contribution in [3.8, 4) is 0 Å². The van der Waals surface area contributed by atoms with E-state index in [2.05, 4.69) is 52.6 Å². The Bertz CT molecular complexity index is 516. The average Bonchev–Trinajstić information content (AvgIpc) is 2.78. The Morgan fingerprint density at radius 2 is 2.12 bits per heavy atom. The maximum atomic E-state index is 3.52. The van der Waals surface area contributed by atoms with Crippen molar-refractivity contribution >= 4 is 11.8 Å². The van der Waals surface area contributed by atoms with Crippen molar-refractivity contribution in [2.24, 2.45) is 5.92 Å². The van der Waals surface area contributed by atoms with Crippen LogP contribution in [0.15, 0.2) is 36.0 Å². The molecule has 0 saturated carbocycles. The fourth-order valence-corrected chi connectivity index (χ4v) is 2.78. The summed E-state index contributed by atoms with van der Waals surface area (Å²) in [5, 5.41) is 3.52. The van der Waals surface area contributed by atoms with Crippen molar-refractivity contribution in [3.63, 3.8) is 0 Å². The number of rotatable bonds is 0. The second kappa shape index (κ2) is 2.97. The molecule has 3 heterocycles. The fraction of sp³-hybridized carbons (Fsp3) is 0.231. The minimum Gasteiger partial charge on any atom is -0.358 e. The largest absolute Gasteiger partial charge is 0.358 e. The number of hydrogen-bond donors (Lipinski definition) is 3. The summed E-state index contributed by atoms with van der Waals surface area (Å²) < 4.78 is 0. The molecule has 0 radical (unpaired) electrons. The number of nitrogens with one attached hydrogen (secondary N) is 3. The average molecular weight is 211 g/mol. The molecule has 3 N–H and O–H groups in total. The van der Waals surface area contributed by atoms with Gasteiger partial charge < -0.3 is 5.32 Å². The molecule has 4 rings (SSSR count). The number of fused-ring (bicyclic) bond motifs is 6. The summed E-state index contributed by atoms with van der Waals surface area (Å²) >= 11 is 0. The van der Waals surface area contributed by atoms with Gasteiger partial charge in [-0.25, -0.2) is 0 Å². The fourth-order valence-electron chi connectivity index (χ4n) is 2.78. The van der Waals surface area contributed by atoms with Crippen LogP contribution in [0.1, 0.15) is 11.1 Å². The lowest BCUT2D eigenvalue weighted by molar-refractivity contribution is 0.560. The van der Waals surface area contributed by atoms with Crippen molar-refractivity contribution < 1.29 is 0 Å². The Balaban J connectivity index is 1.94. The SMILES string of the molecule is C1=C2NC(=Cc3ccccc32)C2CNNC12. The standard InChI is InChI=1S/C13H13N3/c1-2-4-9-8(3-1)5-11-10-7-14-16-13(10)6-12(9)15-11/h1-6,10,13-16H,7H2. The second-order valence-corrected chi connectivity index (χ2v) is 4.55. The first-order valence-corrected chi connectivity index (χ1v) is 5.70. The third kappa shape index (κ3) is 1.04. The van der Waals surface area contributed by atoms with Gasteiger partial charge in [0.2, 0.25) is 0 Å². The van der Waals surface area contributed by atoms with Crippen molar-refractivity contribution in [1.82, 2.24) is 16.2 Å². The Kier molecular flexibility index (Phi) is 1.59. The Hall–Kier alpha value is -1.58. The highest BCUT2D eigenvalue weighted by Crippen LogP contribution is 2.34. The number of hydrazine groups is 1. The molecule has 16 heavy (non-hydrogen) atoms. The minimum absolute atomic E-state index is 0.427. The first kappa shape index (κ1) is 8.56. The molecule has 0 amide bonds. The highest BCUT2D eigenvalue weighted by Gasteiger charge is 2.34. The van der Waals surface area contributed by atoms with Crippen LogP contribution in [-0.2, 0) is 0 Å². The normalized spacial score (nSPS) is 29.8. The molecular weight excluding hydrogens is 198 g/mol. The smallest absolute Gasteiger partial charge is 0.0511 e. The quantitative estimate of drug-likeness (QED) is 0.601. The van der Waals surface area contributed by atoms with E-state index >= 15 is 0 Å². The molecule has 2 atom stereocenters. The van der Waals surface area contributed by atoms with Crippen LogP contribution in [0.25, 0.3) is 11.8 Å². The van der Waals surface area contributed by atoms with Crippen LogP contribution in [0.3, 0.4) is 0 Å². The summed E-state index contributed by atoms with van der Waals surface area (Å²) in [6, 6.07) is 8.97. The van der Waals surface area contributed by atoms with E-state index in [1.165, 1.54) is 22.5 Å². The lowest BCUT2D eigenvalue weighted by Crippen LogP contribution is -2.38. The first-order valence-electron chi connectivity index (χ1n) is 5.70. The molecule has 2 bridgehead atoms.